The van der Waals surface area contributed by atoms with Gasteiger partial charge in [0.05, 0.1) is 6.61 Å². The molecule has 0 radical (unpaired) electrons. The van der Waals surface area contributed by atoms with Crippen molar-refractivity contribution in [2.75, 3.05) is 26.0 Å². The molecule has 106 valence electrons. The fraction of sp³-hybridized carbons (Fsp3) is 0.500. The summed E-state index contributed by atoms with van der Waals surface area (Å²) in [7, 11) is 1.52. The minimum atomic E-state index is -1.02. The standard InChI is InChI=1S/C14H21NO3S/c1-14(17,11-18-2)10-15-13(16)8-9-19-12-6-4-3-5-7-12/h3-7,17H,8-11H2,1-2H3,(H,15,16). The fourth-order valence-electron chi connectivity index (χ4n) is 1.52. The molecule has 0 heterocycles. The number of amides is 1. The van der Waals surface area contributed by atoms with Gasteiger partial charge in [-0.3, -0.25) is 4.79 Å². The van der Waals surface area contributed by atoms with Crippen LogP contribution in [0.15, 0.2) is 35.2 Å². The molecule has 1 unspecified atom stereocenters. The third-order valence-electron chi connectivity index (χ3n) is 2.46. The molecule has 1 amide bonds. The van der Waals surface area contributed by atoms with Crippen LogP contribution in [-0.4, -0.2) is 42.6 Å². The van der Waals surface area contributed by atoms with E-state index >= 15 is 0 Å². The minimum absolute atomic E-state index is 0.0557. The molecule has 0 saturated heterocycles. The number of benzene rings is 1. The Morgan fingerprint density at radius 2 is 2.11 bits per heavy atom. The summed E-state index contributed by atoms with van der Waals surface area (Å²) in [5.41, 5.74) is -1.02. The van der Waals surface area contributed by atoms with Gasteiger partial charge in [0.1, 0.15) is 5.60 Å². The first-order chi connectivity index (χ1) is 9.03. The summed E-state index contributed by atoms with van der Waals surface area (Å²) in [6, 6.07) is 9.96. The molecule has 1 atom stereocenters. The normalized spacial score (nSPS) is 13.8. The maximum Gasteiger partial charge on any atom is 0.220 e. The monoisotopic (exact) mass is 283 g/mol. The Morgan fingerprint density at radius 3 is 2.74 bits per heavy atom. The number of hydrogen-bond donors (Lipinski definition) is 2. The molecule has 0 bridgehead atoms. The van der Waals surface area contributed by atoms with Gasteiger partial charge in [-0.25, -0.2) is 0 Å². The fourth-order valence-corrected chi connectivity index (χ4v) is 2.39. The van der Waals surface area contributed by atoms with E-state index in [-0.39, 0.29) is 19.1 Å². The number of nitrogens with one attached hydrogen (secondary N) is 1. The van der Waals surface area contributed by atoms with Crippen LogP contribution in [0.3, 0.4) is 0 Å². The molecular formula is C14H21NO3S. The number of carbonyl (C=O) groups excluding carboxylic acids is 1. The Labute approximate surface area is 118 Å². The van der Waals surface area contributed by atoms with Gasteiger partial charge in [0.15, 0.2) is 0 Å². The van der Waals surface area contributed by atoms with Crippen LogP contribution in [0.2, 0.25) is 0 Å². The lowest BCUT2D eigenvalue weighted by Gasteiger charge is -2.22. The lowest BCUT2D eigenvalue weighted by molar-refractivity contribution is -0.122. The van der Waals surface area contributed by atoms with Crippen LogP contribution in [-0.2, 0) is 9.53 Å². The third-order valence-corrected chi connectivity index (χ3v) is 3.48. The summed E-state index contributed by atoms with van der Waals surface area (Å²) in [6.07, 6.45) is 0.433. The number of aliphatic hydroxyl groups is 1. The van der Waals surface area contributed by atoms with Crippen molar-refractivity contribution >= 4 is 17.7 Å². The Hall–Kier alpha value is -1.04. The molecule has 5 heteroatoms. The van der Waals surface area contributed by atoms with E-state index in [1.165, 1.54) is 7.11 Å². The van der Waals surface area contributed by atoms with E-state index in [2.05, 4.69) is 5.32 Å². The molecule has 0 spiro atoms. The van der Waals surface area contributed by atoms with Crippen molar-refractivity contribution < 1.29 is 14.6 Å². The number of ether oxygens (including phenoxy) is 1. The van der Waals surface area contributed by atoms with Crippen molar-refractivity contribution in [3.63, 3.8) is 0 Å². The van der Waals surface area contributed by atoms with Crippen molar-refractivity contribution in [2.24, 2.45) is 0 Å². The molecule has 0 aliphatic carbocycles. The van der Waals surface area contributed by atoms with Gasteiger partial charge < -0.3 is 15.2 Å². The summed E-state index contributed by atoms with van der Waals surface area (Å²) in [4.78, 5) is 12.8. The van der Waals surface area contributed by atoms with Gasteiger partial charge in [0, 0.05) is 30.7 Å². The molecule has 19 heavy (non-hydrogen) atoms. The number of rotatable bonds is 8. The predicted octanol–water partition coefficient (Wildman–Crippen LogP) is 1.68. The van der Waals surface area contributed by atoms with Crippen LogP contribution in [0, 0.1) is 0 Å². The van der Waals surface area contributed by atoms with Gasteiger partial charge in [-0.2, -0.15) is 0 Å². The summed E-state index contributed by atoms with van der Waals surface area (Å²) in [6.45, 7) is 2.04. The molecule has 0 aliphatic heterocycles. The number of hydrogen-bond acceptors (Lipinski definition) is 4. The molecule has 0 fully saturated rings. The van der Waals surface area contributed by atoms with E-state index in [4.69, 9.17) is 4.74 Å². The van der Waals surface area contributed by atoms with Gasteiger partial charge in [-0.05, 0) is 19.1 Å². The molecule has 0 aliphatic rings. The average molecular weight is 283 g/mol. The zero-order chi connectivity index (χ0) is 14.1. The second-order valence-corrected chi connectivity index (χ2v) is 5.79. The first-order valence-electron chi connectivity index (χ1n) is 6.19. The Balaban J connectivity index is 2.18. The summed E-state index contributed by atoms with van der Waals surface area (Å²) < 4.78 is 4.87. The van der Waals surface area contributed by atoms with Crippen LogP contribution < -0.4 is 5.32 Å². The minimum Gasteiger partial charge on any atom is -0.386 e. The van der Waals surface area contributed by atoms with E-state index in [1.807, 2.05) is 30.3 Å². The number of methoxy groups -OCH3 is 1. The molecule has 1 aromatic rings. The highest BCUT2D eigenvalue weighted by molar-refractivity contribution is 7.99. The summed E-state index contributed by atoms with van der Waals surface area (Å²) in [5.74, 6) is 0.669. The highest BCUT2D eigenvalue weighted by atomic mass is 32.2. The SMILES string of the molecule is COCC(C)(O)CNC(=O)CCSc1ccccc1. The summed E-state index contributed by atoms with van der Waals surface area (Å²) in [5, 5.41) is 12.5. The molecule has 4 nitrogen and oxygen atoms in total. The third kappa shape index (κ3) is 7.20. The predicted molar refractivity (Wildman–Crippen MR) is 77.3 cm³/mol. The van der Waals surface area contributed by atoms with E-state index in [0.29, 0.717) is 6.42 Å². The topological polar surface area (TPSA) is 58.6 Å². The molecular weight excluding hydrogens is 262 g/mol. The Kier molecular flexibility index (Phi) is 6.91. The van der Waals surface area contributed by atoms with Gasteiger partial charge >= 0.3 is 0 Å². The highest BCUT2D eigenvalue weighted by Gasteiger charge is 2.20. The second kappa shape index (κ2) is 8.19. The zero-order valence-electron chi connectivity index (χ0n) is 11.4. The van der Waals surface area contributed by atoms with Gasteiger partial charge in [-0.15, -0.1) is 11.8 Å². The van der Waals surface area contributed by atoms with E-state index in [9.17, 15) is 9.90 Å². The maximum atomic E-state index is 11.6. The van der Waals surface area contributed by atoms with Gasteiger partial charge in [-0.1, -0.05) is 18.2 Å². The van der Waals surface area contributed by atoms with Gasteiger partial charge in [0.2, 0.25) is 5.91 Å². The average Bonchev–Trinajstić information content (AvgIpc) is 2.38. The smallest absolute Gasteiger partial charge is 0.220 e. The molecule has 1 rings (SSSR count). The molecule has 1 aromatic carbocycles. The van der Waals surface area contributed by atoms with Crippen molar-refractivity contribution in [2.45, 2.75) is 23.8 Å². The van der Waals surface area contributed by atoms with Crippen LogP contribution in [0.4, 0.5) is 0 Å². The quantitative estimate of drug-likeness (QED) is 0.713. The highest BCUT2D eigenvalue weighted by Crippen LogP contribution is 2.17. The number of carbonyl (C=O) groups is 1. The molecule has 0 saturated carbocycles. The van der Waals surface area contributed by atoms with Crippen molar-refractivity contribution in [1.29, 1.82) is 0 Å². The van der Waals surface area contributed by atoms with Crippen molar-refractivity contribution in [3.05, 3.63) is 30.3 Å². The lowest BCUT2D eigenvalue weighted by atomic mass is 10.1. The Bertz CT molecular complexity index is 382. The van der Waals surface area contributed by atoms with Crippen LogP contribution in [0.1, 0.15) is 13.3 Å². The van der Waals surface area contributed by atoms with Crippen molar-refractivity contribution in [1.82, 2.24) is 5.32 Å². The molecule has 2 N–H and O–H groups in total. The second-order valence-electron chi connectivity index (χ2n) is 4.62. The van der Waals surface area contributed by atoms with Crippen molar-refractivity contribution in [3.8, 4) is 0 Å². The van der Waals surface area contributed by atoms with E-state index in [0.717, 1.165) is 10.6 Å². The van der Waals surface area contributed by atoms with E-state index < -0.39 is 5.60 Å². The zero-order valence-corrected chi connectivity index (χ0v) is 12.2. The maximum absolute atomic E-state index is 11.6. The first-order valence-corrected chi connectivity index (χ1v) is 7.18. The largest absolute Gasteiger partial charge is 0.386 e. The lowest BCUT2D eigenvalue weighted by Crippen LogP contribution is -2.43. The van der Waals surface area contributed by atoms with E-state index in [1.54, 1.807) is 18.7 Å². The molecule has 0 aromatic heterocycles. The van der Waals surface area contributed by atoms with Crippen LogP contribution in [0.5, 0.6) is 0 Å². The van der Waals surface area contributed by atoms with Gasteiger partial charge in [0.25, 0.3) is 0 Å². The number of thioether (sulfide) groups is 1. The van der Waals surface area contributed by atoms with Crippen LogP contribution >= 0.6 is 11.8 Å². The Morgan fingerprint density at radius 1 is 1.42 bits per heavy atom. The summed E-state index contributed by atoms with van der Waals surface area (Å²) >= 11 is 1.64. The van der Waals surface area contributed by atoms with Crippen LogP contribution in [0.25, 0.3) is 0 Å². The first kappa shape index (κ1) is 16.0.